The zero-order valence-electron chi connectivity index (χ0n) is 8.96. The monoisotopic (exact) mass is 252 g/mol. The van der Waals surface area contributed by atoms with Gasteiger partial charge >= 0.3 is 11.4 Å². The third kappa shape index (κ3) is 3.52. The molecule has 0 aliphatic rings. The molecule has 2 aromatic rings. The van der Waals surface area contributed by atoms with Crippen LogP contribution in [0.4, 0.5) is 11.4 Å². The predicted molar refractivity (Wildman–Crippen MR) is 60.5 cm³/mol. The van der Waals surface area contributed by atoms with Crippen LogP contribution in [0.5, 0.6) is 0 Å². The average Bonchev–Trinajstić information content (AvgIpc) is 3.01. The number of aromatic amines is 1. The van der Waals surface area contributed by atoms with Crippen LogP contribution in [-0.2, 0) is 0 Å². The van der Waals surface area contributed by atoms with E-state index in [0.29, 0.717) is 0 Å². The second kappa shape index (κ2) is 5.89. The highest BCUT2D eigenvalue weighted by Crippen LogP contribution is 2.06. The largest absolute Gasteiger partial charge is 0.307 e. The van der Waals surface area contributed by atoms with Gasteiger partial charge in [-0.2, -0.15) is 10.2 Å². The van der Waals surface area contributed by atoms with Crippen LogP contribution >= 0.6 is 0 Å². The molecular formula is C8H8N6O4. The molecule has 2 rings (SSSR count). The van der Waals surface area contributed by atoms with Crippen LogP contribution in [-0.4, -0.2) is 29.8 Å². The van der Waals surface area contributed by atoms with Crippen molar-refractivity contribution in [3.05, 3.63) is 51.6 Å². The molecule has 0 aromatic carbocycles. The maximum Gasteiger partial charge on any atom is 0.307 e. The van der Waals surface area contributed by atoms with Crippen LogP contribution in [0.1, 0.15) is 0 Å². The van der Waals surface area contributed by atoms with Crippen LogP contribution in [0.15, 0.2) is 31.4 Å². The number of nitro groups is 2. The van der Waals surface area contributed by atoms with E-state index in [1.807, 2.05) is 0 Å². The first-order valence-corrected chi connectivity index (χ1v) is 4.49. The zero-order chi connectivity index (χ0) is 13.5. The summed E-state index contributed by atoms with van der Waals surface area (Å²) in [5.41, 5.74) is -0.0371. The number of hydrogen-bond donors (Lipinski definition) is 1. The Morgan fingerprint density at radius 2 is 1.94 bits per heavy atom. The number of H-pyrrole nitrogens is 1. The molecule has 2 heterocycles. The molecule has 94 valence electrons. The topological polar surface area (TPSA) is 133 Å². The summed E-state index contributed by atoms with van der Waals surface area (Å²) in [7, 11) is 0. The number of aromatic nitrogens is 4. The Morgan fingerprint density at radius 3 is 2.22 bits per heavy atom. The van der Waals surface area contributed by atoms with Crippen molar-refractivity contribution >= 4 is 17.6 Å². The smallest absolute Gasteiger partial charge is 0.279 e. The molecule has 10 nitrogen and oxygen atoms in total. The molecule has 0 saturated carbocycles. The van der Waals surface area contributed by atoms with E-state index in [2.05, 4.69) is 21.9 Å². The standard InChI is InChI=1S/C5H5N3O2.C3H3N3O2/c1-2-7-4-5(3-6-7)8(9)10;7-6(8)3-1-4-5-2-3/h2-4H,1H2;1-2H,(H,4,5). The van der Waals surface area contributed by atoms with Gasteiger partial charge in [0.05, 0.1) is 16.0 Å². The normalized spacial score (nSPS) is 9.11. The fourth-order valence-electron chi connectivity index (χ4n) is 0.866. The highest BCUT2D eigenvalue weighted by molar-refractivity contribution is 5.27. The first-order valence-electron chi connectivity index (χ1n) is 4.49. The van der Waals surface area contributed by atoms with Crippen molar-refractivity contribution in [1.82, 2.24) is 20.0 Å². The second-order valence-corrected chi connectivity index (χ2v) is 2.83. The summed E-state index contributed by atoms with van der Waals surface area (Å²) in [5, 5.41) is 29.2. The van der Waals surface area contributed by atoms with Crippen LogP contribution in [0.3, 0.4) is 0 Å². The van der Waals surface area contributed by atoms with Gasteiger partial charge in [0.2, 0.25) is 0 Å². The van der Waals surface area contributed by atoms with E-state index in [1.54, 1.807) is 0 Å². The molecule has 0 aliphatic heterocycles. The van der Waals surface area contributed by atoms with Gasteiger partial charge in [-0.05, 0) is 0 Å². The molecule has 0 radical (unpaired) electrons. The van der Waals surface area contributed by atoms with Gasteiger partial charge in [-0.15, -0.1) is 0 Å². The molecule has 1 N–H and O–H groups in total. The van der Waals surface area contributed by atoms with Gasteiger partial charge in [0.25, 0.3) is 0 Å². The van der Waals surface area contributed by atoms with E-state index in [-0.39, 0.29) is 11.4 Å². The fourth-order valence-corrected chi connectivity index (χ4v) is 0.866. The summed E-state index contributed by atoms with van der Waals surface area (Å²) in [6.45, 7) is 3.38. The number of hydrogen-bond acceptors (Lipinski definition) is 6. The molecular weight excluding hydrogens is 244 g/mol. The van der Waals surface area contributed by atoms with E-state index < -0.39 is 9.85 Å². The molecule has 0 saturated heterocycles. The van der Waals surface area contributed by atoms with Crippen molar-refractivity contribution in [2.75, 3.05) is 0 Å². The molecule has 0 unspecified atom stereocenters. The Bertz CT molecular complexity index is 546. The minimum absolute atomic E-state index is 0.00926. The van der Waals surface area contributed by atoms with E-state index in [0.717, 1.165) is 6.20 Å². The van der Waals surface area contributed by atoms with Gasteiger partial charge in [0.1, 0.15) is 18.6 Å². The molecule has 18 heavy (non-hydrogen) atoms. The molecule has 10 heteroatoms. The van der Waals surface area contributed by atoms with E-state index in [1.165, 1.54) is 29.5 Å². The Morgan fingerprint density at radius 1 is 1.28 bits per heavy atom. The van der Waals surface area contributed by atoms with E-state index in [9.17, 15) is 20.2 Å². The van der Waals surface area contributed by atoms with Gasteiger partial charge in [-0.3, -0.25) is 25.3 Å². The van der Waals surface area contributed by atoms with Gasteiger partial charge in [-0.1, -0.05) is 6.58 Å². The highest BCUT2D eigenvalue weighted by atomic mass is 16.6. The third-order valence-corrected chi connectivity index (χ3v) is 1.68. The first kappa shape index (κ1) is 13.0. The summed E-state index contributed by atoms with van der Waals surface area (Å²) in [6, 6.07) is 0. The Labute approximate surface area is 99.8 Å². The van der Waals surface area contributed by atoms with Crippen LogP contribution in [0, 0.1) is 20.2 Å². The number of nitrogens with zero attached hydrogens (tertiary/aromatic N) is 5. The predicted octanol–water partition coefficient (Wildman–Crippen LogP) is 1.21. The van der Waals surface area contributed by atoms with Gasteiger partial charge < -0.3 is 0 Å². The maximum atomic E-state index is 10.0. The van der Waals surface area contributed by atoms with E-state index >= 15 is 0 Å². The third-order valence-electron chi connectivity index (χ3n) is 1.68. The Balaban J connectivity index is 0.000000184. The van der Waals surface area contributed by atoms with Gasteiger partial charge in [0.15, 0.2) is 0 Å². The lowest BCUT2D eigenvalue weighted by Gasteiger charge is -1.81. The van der Waals surface area contributed by atoms with Gasteiger partial charge in [0, 0.05) is 6.20 Å². The number of rotatable bonds is 3. The van der Waals surface area contributed by atoms with Crippen molar-refractivity contribution in [3.63, 3.8) is 0 Å². The molecule has 0 atom stereocenters. The molecule has 0 bridgehead atoms. The number of nitrogens with one attached hydrogen (secondary N) is 1. The van der Waals surface area contributed by atoms with Crippen molar-refractivity contribution in [2.45, 2.75) is 0 Å². The SMILES string of the molecule is C=Cn1cc([N+](=O)[O-])cn1.O=[N+]([O-])c1cn[nH]c1. The summed E-state index contributed by atoms with van der Waals surface area (Å²) in [5.74, 6) is 0. The van der Waals surface area contributed by atoms with Crippen molar-refractivity contribution < 1.29 is 9.85 Å². The summed E-state index contributed by atoms with van der Waals surface area (Å²) in [6.07, 6.45) is 6.21. The lowest BCUT2D eigenvalue weighted by atomic mass is 10.6. The quantitative estimate of drug-likeness (QED) is 0.644. The van der Waals surface area contributed by atoms with Crippen LogP contribution in [0.2, 0.25) is 0 Å². The molecule has 0 spiro atoms. The lowest BCUT2D eigenvalue weighted by molar-refractivity contribution is -0.385. The highest BCUT2D eigenvalue weighted by Gasteiger charge is 2.05. The fraction of sp³-hybridized carbons (Fsp3) is 0. The Kier molecular flexibility index (Phi) is 4.26. The van der Waals surface area contributed by atoms with Crippen molar-refractivity contribution in [2.24, 2.45) is 0 Å². The minimum Gasteiger partial charge on any atom is -0.279 e. The summed E-state index contributed by atoms with van der Waals surface area (Å²) >= 11 is 0. The Hall–Kier alpha value is -3.04. The molecule has 0 aliphatic carbocycles. The van der Waals surface area contributed by atoms with Gasteiger partial charge in [-0.25, -0.2) is 4.68 Å². The first-order chi connectivity index (χ1) is 8.54. The second-order valence-electron chi connectivity index (χ2n) is 2.83. The molecule has 0 amide bonds. The molecule has 0 fully saturated rings. The lowest BCUT2D eigenvalue weighted by Crippen LogP contribution is -1.84. The molecule has 2 aromatic heterocycles. The maximum absolute atomic E-state index is 10.0. The van der Waals surface area contributed by atoms with Crippen LogP contribution < -0.4 is 0 Å². The zero-order valence-corrected chi connectivity index (χ0v) is 8.96. The van der Waals surface area contributed by atoms with E-state index in [4.69, 9.17) is 0 Å². The van der Waals surface area contributed by atoms with Crippen LogP contribution in [0.25, 0.3) is 6.20 Å². The van der Waals surface area contributed by atoms with Crippen molar-refractivity contribution in [1.29, 1.82) is 0 Å². The summed E-state index contributed by atoms with van der Waals surface area (Å²) in [4.78, 5) is 18.8. The van der Waals surface area contributed by atoms with Crippen molar-refractivity contribution in [3.8, 4) is 0 Å². The average molecular weight is 252 g/mol. The summed E-state index contributed by atoms with van der Waals surface area (Å²) < 4.78 is 1.28. The minimum atomic E-state index is -0.510.